The normalized spacial score (nSPS) is 14.4. The van der Waals surface area contributed by atoms with Crippen molar-refractivity contribution >= 4 is 0 Å². The van der Waals surface area contributed by atoms with Crippen LogP contribution in [0.15, 0.2) is 36.5 Å². The molecule has 0 fully saturated rings. The third kappa shape index (κ3) is 1.74. The van der Waals surface area contributed by atoms with Crippen molar-refractivity contribution in [3.63, 3.8) is 0 Å². The second-order valence-corrected chi connectivity index (χ2v) is 4.53. The fraction of sp³-hybridized carbons (Fsp3) is 0.333. The first-order valence-electron chi connectivity index (χ1n) is 6.21. The van der Waals surface area contributed by atoms with E-state index < -0.39 is 0 Å². The van der Waals surface area contributed by atoms with Crippen molar-refractivity contribution in [2.45, 2.75) is 25.8 Å². The van der Waals surface area contributed by atoms with Crippen molar-refractivity contribution in [3.8, 4) is 16.9 Å². The van der Waals surface area contributed by atoms with Crippen LogP contribution in [0.2, 0.25) is 0 Å². The summed E-state index contributed by atoms with van der Waals surface area (Å²) in [6, 6.07) is 10.5. The molecule has 17 heavy (non-hydrogen) atoms. The van der Waals surface area contributed by atoms with Crippen molar-refractivity contribution in [2.75, 3.05) is 7.11 Å². The molecule has 0 radical (unpaired) electrons. The number of rotatable bonds is 2. The van der Waals surface area contributed by atoms with E-state index in [0.717, 1.165) is 12.3 Å². The van der Waals surface area contributed by atoms with E-state index in [9.17, 15) is 0 Å². The number of hydrogen-bond acceptors (Lipinski definition) is 1. The molecule has 1 aliphatic heterocycles. The zero-order chi connectivity index (χ0) is 11.7. The Labute approximate surface area is 102 Å². The molecule has 2 aromatic rings. The minimum absolute atomic E-state index is 0.965. The standard InChI is InChI=1S/C15H17NO/c1-17-15-8-3-2-6-13(15)12-9-11-16-10-5-4-7-14(12)16/h2-3,6,8-9,11H,4-5,7,10H2,1H3. The summed E-state index contributed by atoms with van der Waals surface area (Å²) >= 11 is 0. The minimum Gasteiger partial charge on any atom is -0.496 e. The summed E-state index contributed by atoms with van der Waals surface area (Å²) in [5, 5.41) is 0. The molecule has 1 aromatic carbocycles. The van der Waals surface area contributed by atoms with E-state index in [4.69, 9.17) is 4.74 Å². The monoisotopic (exact) mass is 227 g/mol. The highest BCUT2D eigenvalue weighted by atomic mass is 16.5. The zero-order valence-corrected chi connectivity index (χ0v) is 10.1. The summed E-state index contributed by atoms with van der Waals surface area (Å²) in [6.45, 7) is 1.16. The Hall–Kier alpha value is -1.70. The van der Waals surface area contributed by atoms with Crippen LogP contribution < -0.4 is 4.74 Å². The van der Waals surface area contributed by atoms with E-state index in [1.165, 1.54) is 36.1 Å². The van der Waals surface area contributed by atoms with Crippen molar-refractivity contribution in [3.05, 3.63) is 42.2 Å². The maximum atomic E-state index is 5.45. The van der Waals surface area contributed by atoms with Crippen LogP contribution in [0.25, 0.3) is 11.1 Å². The Morgan fingerprint density at radius 2 is 1.94 bits per heavy atom. The highest BCUT2D eigenvalue weighted by molar-refractivity contribution is 5.73. The number of fused-ring (bicyclic) bond motifs is 1. The second kappa shape index (κ2) is 4.28. The van der Waals surface area contributed by atoms with Gasteiger partial charge in [0.2, 0.25) is 0 Å². The number of aromatic nitrogens is 1. The van der Waals surface area contributed by atoms with Gasteiger partial charge in [0.15, 0.2) is 0 Å². The molecule has 1 aliphatic rings. The molecule has 3 rings (SSSR count). The van der Waals surface area contributed by atoms with E-state index >= 15 is 0 Å². The molecule has 0 aliphatic carbocycles. The first-order chi connectivity index (χ1) is 8.40. The largest absolute Gasteiger partial charge is 0.496 e. The van der Waals surface area contributed by atoms with Crippen molar-refractivity contribution in [2.24, 2.45) is 0 Å². The fourth-order valence-electron chi connectivity index (χ4n) is 2.68. The van der Waals surface area contributed by atoms with E-state index in [1.54, 1.807) is 7.11 Å². The van der Waals surface area contributed by atoms with Gasteiger partial charge in [0, 0.05) is 29.6 Å². The van der Waals surface area contributed by atoms with Gasteiger partial charge in [-0.2, -0.15) is 0 Å². The summed E-state index contributed by atoms with van der Waals surface area (Å²) in [5.41, 5.74) is 4.01. The van der Waals surface area contributed by atoms with Gasteiger partial charge >= 0.3 is 0 Å². The van der Waals surface area contributed by atoms with E-state index in [2.05, 4.69) is 29.0 Å². The first kappa shape index (κ1) is 10.5. The molecule has 0 unspecified atom stereocenters. The molecular weight excluding hydrogens is 210 g/mol. The van der Waals surface area contributed by atoms with Crippen LogP contribution in [-0.4, -0.2) is 11.7 Å². The van der Waals surface area contributed by atoms with Crippen LogP contribution in [0.1, 0.15) is 18.5 Å². The molecule has 0 saturated carbocycles. The number of hydrogen-bond donors (Lipinski definition) is 0. The van der Waals surface area contributed by atoms with Gasteiger partial charge < -0.3 is 9.30 Å². The summed E-state index contributed by atoms with van der Waals surface area (Å²) in [6.07, 6.45) is 5.98. The average molecular weight is 227 g/mol. The predicted molar refractivity (Wildman–Crippen MR) is 69.4 cm³/mol. The lowest BCUT2D eigenvalue weighted by molar-refractivity contribution is 0.416. The summed E-state index contributed by atoms with van der Waals surface area (Å²) in [4.78, 5) is 0. The average Bonchev–Trinajstić information content (AvgIpc) is 2.82. The van der Waals surface area contributed by atoms with E-state index in [1.807, 2.05) is 12.1 Å². The van der Waals surface area contributed by atoms with Crippen LogP contribution in [0.3, 0.4) is 0 Å². The maximum absolute atomic E-state index is 5.45. The number of nitrogens with zero attached hydrogens (tertiary/aromatic N) is 1. The highest BCUT2D eigenvalue weighted by Gasteiger charge is 2.16. The van der Waals surface area contributed by atoms with Gasteiger partial charge in [0.1, 0.15) is 5.75 Å². The number of benzene rings is 1. The van der Waals surface area contributed by atoms with Gasteiger partial charge in [-0.3, -0.25) is 0 Å². The maximum Gasteiger partial charge on any atom is 0.126 e. The molecule has 0 atom stereocenters. The smallest absolute Gasteiger partial charge is 0.126 e. The molecule has 2 heterocycles. The SMILES string of the molecule is COc1ccccc1-c1ccn2c1CCCC2. The van der Waals surface area contributed by atoms with Gasteiger partial charge in [0.05, 0.1) is 7.11 Å². The molecule has 0 spiro atoms. The highest BCUT2D eigenvalue weighted by Crippen LogP contribution is 2.34. The summed E-state index contributed by atoms with van der Waals surface area (Å²) in [5.74, 6) is 0.965. The molecule has 0 amide bonds. The van der Waals surface area contributed by atoms with Crippen LogP contribution in [0, 0.1) is 0 Å². The van der Waals surface area contributed by atoms with Gasteiger partial charge in [0.25, 0.3) is 0 Å². The summed E-state index contributed by atoms with van der Waals surface area (Å²) in [7, 11) is 1.74. The number of para-hydroxylation sites is 1. The third-order valence-corrected chi connectivity index (χ3v) is 3.54. The van der Waals surface area contributed by atoms with Gasteiger partial charge in [-0.15, -0.1) is 0 Å². The zero-order valence-electron chi connectivity index (χ0n) is 10.1. The molecule has 0 bridgehead atoms. The van der Waals surface area contributed by atoms with Crippen LogP contribution >= 0.6 is 0 Å². The Morgan fingerprint density at radius 3 is 2.82 bits per heavy atom. The topological polar surface area (TPSA) is 14.2 Å². The Bertz CT molecular complexity index is 527. The molecule has 2 nitrogen and oxygen atoms in total. The Balaban J connectivity index is 2.12. The molecule has 88 valence electrons. The fourth-order valence-corrected chi connectivity index (χ4v) is 2.68. The third-order valence-electron chi connectivity index (χ3n) is 3.54. The summed E-state index contributed by atoms with van der Waals surface area (Å²) < 4.78 is 7.83. The molecule has 2 heteroatoms. The quantitative estimate of drug-likeness (QED) is 0.766. The van der Waals surface area contributed by atoms with Gasteiger partial charge in [-0.25, -0.2) is 0 Å². The molecule has 1 aromatic heterocycles. The lowest BCUT2D eigenvalue weighted by atomic mass is 10.0. The number of ether oxygens (including phenoxy) is 1. The minimum atomic E-state index is 0.965. The molecule has 0 saturated heterocycles. The van der Waals surface area contributed by atoms with Crippen LogP contribution in [0.4, 0.5) is 0 Å². The van der Waals surface area contributed by atoms with Crippen LogP contribution in [-0.2, 0) is 13.0 Å². The van der Waals surface area contributed by atoms with Crippen LogP contribution in [0.5, 0.6) is 5.75 Å². The Morgan fingerprint density at radius 1 is 1.06 bits per heavy atom. The van der Waals surface area contributed by atoms with Crippen molar-refractivity contribution in [1.29, 1.82) is 0 Å². The second-order valence-electron chi connectivity index (χ2n) is 4.53. The van der Waals surface area contributed by atoms with E-state index in [0.29, 0.717) is 0 Å². The van der Waals surface area contributed by atoms with Gasteiger partial charge in [-0.1, -0.05) is 18.2 Å². The molecular formula is C15H17NO. The Kier molecular flexibility index (Phi) is 2.63. The lowest BCUT2D eigenvalue weighted by Crippen LogP contribution is -2.09. The van der Waals surface area contributed by atoms with E-state index in [-0.39, 0.29) is 0 Å². The van der Waals surface area contributed by atoms with Gasteiger partial charge in [-0.05, 0) is 31.4 Å². The predicted octanol–water partition coefficient (Wildman–Crippen LogP) is 3.50. The molecule has 0 N–H and O–H groups in total. The van der Waals surface area contributed by atoms with Crippen molar-refractivity contribution in [1.82, 2.24) is 4.57 Å². The lowest BCUT2D eigenvalue weighted by Gasteiger charge is -2.17. The number of aryl methyl sites for hydroxylation is 1. The van der Waals surface area contributed by atoms with Crippen molar-refractivity contribution < 1.29 is 4.74 Å². The first-order valence-corrected chi connectivity index (χ1v) is 6.21. The number of methoxy groups -OCH3 is 1.